The Kier molecular flexibility index (Phi) is 4.41. The summed E-state index contributed by atoms with van der Waals surface area (Å²) in [5.41, 5.74) is -1.02. The van der Waals surface area contributed by atoms with Crippen LogP contribution in [-0.4, -0.2) is 21.8 Å². The van der Waals surface area contributed by atoms with Crippen molar-refractivity contribution >= 4 is 11.8 Å². The van der Waals surface area contributed by atoms with Crippen molar-refractivity contribution in [1.82, 2.24) is 4.98 Å². The molecule has 1 heterocycles. The minimum absolute atomic E-state index is 0.0284. The van der Waals surface area contributed by atoms with Crippen molar-refractivity contribution in [1.29, 1.82) is 0 Å². The summed E-state index contributed by atoms with van der Waals surface area (Å²) < 4.78 is 36.6. The normalized spacial score (nSPS) is 11.3. The van der Waals surface area contributed by atoms with Gasteiger partial charge in [-0.25, -0.2) is 0 Å². The number of carbonyl (C=O) groups is 2. The lowest BCUT2D eigenvalue weighted by molar-refractivity contribution is -0.141. The first-order chi connectivity index (χ1) is 8.30. The molecule has 0 unspecified atom stereocenters. The first-order valence-corrected chi connectivity index (χ1v) is 5.09. The Morgan fingerprint density at radius 2 is 1.89 bits per heavy atom. The van der Waals surface area contributed by atoms with E-state index in [1.807, 2.05) is 0 Å². The maximum Gasteiger partial charge on any atom is 0.433 e. The van der Waals surface area contributed by atoms with Crippen LogP contribution in [0, 0.1) is 0 Å². The molecule has 0 aliphatic heterocycles. The first-order valence-electron chi connectivity index (χ1n) is 5.09. The lowest BCUT2D eigenvalue weighted by Gasteiger charge is -2.05. The zero-order valence-electron chi connectivity index (χ0n) is 9.20. The summed E-state index contributed by atoms with van der Waals surface area (Å²) in [5.74, 6) is -1.44. The third-order valence-electron chi connectivity index (χ3n) is 2.17. The maximum atomic E-state index is 12.2. The highest BCUT2D eigenvalue weighted by Gasteiger charge is 2.32. The van der Waals surface area contributed by atoms with Gasteiger partial charge in [-0.15, -0.1) is 0 Å². The highest BCUT2D eigenvalue weighted by atomic mass is 19.4. The SMILES string of the molecule is O=C(O)CCCC(=O)c1ccc(C(F)(F)F)nc1. The maximum absolute atomic E-state index is 12.2. The molecule has 1 aromatic rings. The Labute approximate surface area is 100 Å². The predicted molar refractivity (Wildman–Crippen MR) is 55.1 cm³/mol. The number of aliphatic carboxylic acids is 1. The number of hydrogen-bond acceptors (Lipinski definition) is 3. The summed E-state index contributed by atoms with van der Waals surface area (Å²) in [7, 11) is 0. The number of carbonyl (C=O) groups excluding carboxylic acids is 1. The monoisotopic (exact) mass is 261 g/mol. The molecule has 18 heavy (non-hydrogen) atoms. The molecule has 1 rings (SSSR count). The number of Topliss-reactive ketones (excluding diaryl/α,β-unsaturated/α-hetero) is 1. The van der Waals surface area contributed by atoms with E-state index in [0.29, 0.717) is 0 Å². The number of pyridine rings is 1. The zero-order chi connectivity index (χ0) is 13.8. The van der Waals surface area contributed by atoms with Crippen molar-refractivity contribution in [3.63, 3.8) is 0 Å². The second-order valence-corrected chi connectivity index (χ2v) is 3.60. The molecule has 0 saturated carbocycles. The standard InChI is InChI=1S/C11H10F3NO3/c12-11(13,14)9-5-4-7(6-15-9)8(16)2-1-3-10(17)18/h4-6H,1-3H2,(H,17,18). The van der Waals surface area contributed by atoms with Crippen LogP contribution in [-0.2, 0) is 11.0 Å². The molecule has 1 aromatic heterocycles. The molecule has 0 bridgehead atoms. The van der Waals surface area contributed by atoms with Crippen LogP contribution in [0.15, 0.2) is 18.3 Å². The molecule has 0 saturated heterocycles. The van der Waals surface area contributed by atoms with Gasteiger partial charge in [0.05, 0.1) is 0 Å². The second-order valence-electron chi connectivity index (χ2n) is 3.60. The highest BCUT2D eigenvalue weighted by molar-refractivity contribution is 5.95. The number of nitrogens with zero attached hydrogens (tertiary/aromatic N) is 1. The molecular formula is C11H10F3NO3. The third-order valence-corrected chi connectivity index (χ3v) is 2.17. The van der Waals surface area contributed by atoms with E-state index in [0.717, 1.165) is 18.3 Å². The van der Waals surface area contributed by atoms with Gasteiger partial charge in [-0.3, -0.25) is 14.6 Å². The largest absolute Gasteiger partial charge is 0.481 e. The molecule has 0 aromatic carbocycles. The minimum atomic E-state index is -4.54. The van der Waals surface area contributed by atoms with E-state index in [1.54, 1.807) is 0 Å². The average molecular weight is 261 g/mol. The molecule has 0 radical (unpaired) electrons. The van der Waals surface area contributed by atoms with E-state index in [-0.39, 0.29) is 24.8 Å². The Bertz CT molecular complexity index is 440. The Hall–Kier alpha value is -1.92. The number of carboxylic acids is 1. The van der Waals surface area contributed by atoms with Gasteiger partial charge in [-0.05, 0) is 18.6 Å². The van der Waals surface area contributed by atoms with Gasteiger partial charge in [0.15, 0.2) is 5.78 Å². The summed E-state index contributed by atoms with van der Waals surface area (Å²) in [6.07, 6.45) is -3.72. The molecular weight excluding hydrogens is 251 g/mol. The number of rotatable bonds is 5. The van der Waals surface area contributed by atoms with E-state index >= 15 is 0 Å². The van der Waals surface area contributed by atoms with E-state index in [9.17, 15) is 22.8 Å². The van der Waals surface area contributed by atoms with Crippen molar-refractivity contribution < 1.29 is 27.9 Å². The van der Waals surface area contributed by atoms with Gasteiger partial charge in [-0.1, -0.05) is 0 Å². The van der Waals surface area contributed by atoms with Crippen molar-refractivity contribution in [2.75, 3.05) is 0 Å². The van der Waals surface area contributed by atoms with Crippen LogP contribution < -0.4 is 0 Å². The molecule has 7 heteroatoms. The van der Waals surface area contributed by atoms with E-state index in [4.69, 9.17) is 5.11 Å². The third kappa shape index (κ3) is 4.15. The van der Waals surface area contributed by atoms with Crippen LogP contribution >= 0.6 is 0 Å². The molecule has 98 valence electrons. The van der Waals surface area contributed by atoms with E-state index < -0.39 is 23.6 Å². The fourth-order valence-corrected chi connectivity index (χ4v) is 1.27. The van der Waals surface area contributed by atoms with Crippen molar-refractivity contribution in [3.05, 3.63) is 29.6 Å². The van der Waals surface area contributed by atoms with Crippen LogP contribution in [0.2, 0.25) is 0 Å². The van der Waals surface area contributed by atoms with Gasteiger partial charge in [0.2, 0.25) is 0 Å². The molecule has 0 aliphatic rings. The number of aromatic nitrogens is 1. The molecule has 4 nitrogen and oxygen atoms in total. The summed E-state index contributed by atoms with van der Waals surface area (Å²) in [5, 5.41) is 8.37. The number of ketones is 1. The molecule has 0 fully saturated rings. The van der Waals surface area contributed by atoms with Gasteiger partial charge in [-0.2, -0.15) is 13.2 Å². The second kappa shape index (κ2) is 5.61. The minimum Gasteiger partial charge on any atom is -0.481 e. The Balaban J connectivity index is 2.62. The van der Waals surface area contributed by atoms with Gasteiger partial charge in [0.25, 0.3) is 0 Å². The molecule has 0 aliphatic carbocycles. The van der Waals surface area contributed by atoms with Crippen molar-refractivity contribution in [3.8, 4) is 0 Å². The summed E-state index contributed by atoms with van der Waals surface area (Å²) in [6, 6.07) is 1.77. The predicted octanol–water partition coefficient (Wildman–Crippen LogP) is 2.54. The molecule has 0 atom stereocenters. The molecule has 0 amide bonds. The highest BCUT2D eigenvalue weighted by Crippen LogP contribution is 2.27. The smallest absolute Gasteiger partial charge is 0.433 e. The Morgan fingerprint density at radius 3 is 2.33 bits per heavy atom. The lowest BCUT2D eigenvalue weighted by atomic mass is 10.1. The van der Waals surface area contributed by atoms with Crippen LogP contribution in [0.5, 0.6) is 0 Å². The van der Waals surface area contributed by atoms with Gasteiger partial charge in [0.1, 0.15) is 5.69 Å². The Morgan fingerprint density at radius 1 is 1.22 bits per heavy atom. The number of hydrogen-bond donors (Lipinski definition) is 1. The van der Waals surface area contributed by atoms with E-state index in [1.165, 1.54) is 0 Å². The molecule has 0 spiro atoms. The summed E-state index contributed by atoms with van der Waals surface area (Å²) in [4.78, 5) is 24.8. The van der Waals surface area contributed by atoms with Gasteiger partial charge < -0.3 is 5.11 Å². The van der Waals surface area contributed by atoms with Gasteiger partial charge >= 0.3 is 12.1 Å². The van der Waals surface area contributed by atoms with Crippen molar-refractivity contribution in [2.24, 2.45) is 0 Å². The van der Waals surface area contributed by atoms with Crippen LogP contribution in [0.25, 0.3) is 0 Å². The van der Waals surface area contributed by atoms with Gasteiger partial charge in [0, 0.05) is 24.6 Å². The first kappa shape index (κ1) is 14.1. The van der Waals surface area contributed by atoms with Crippen molar-refractivity contribution in [2.45, 2.75) is 25.4 Å². The summed E-state index contributed by atoms with van der Waals surface area (Å²) >= 11 is 0. The number of carboxylic acid groups (broad SMARTS) is 1. The number of alkyl halides is 3. The van der Waals surface area contributed by atoms with Crippen LogP contribution in [0.1, 0.15) is 35.3 Å². The zero-order valence-corrected chi connectivity index (χ0v) is 9.20. The average Bonchev–Trinajstić information content (AvgIpc) is 2.27. The lowest BCUT2D eigenvalue weighted by Crippen LogP contribution is -2.09. The summed E-state index contributed by atoms with van der Waals surface area (Å²) in [6.45, 7) is 0. The topological polar surface area (TPSA) is 67.3 Å². The van der Waals surface area contributed by atoms with Crippen LogP contribution in [0.3, 0.4) is 0 Å². The molecule has 1 N–H and O–H groups in total. The quantitative estimate of drug-likeness (QED) is 0.827. The van der Waals surface area contributed by atoms with Crippen LogP contribution in [0.4, 0.5) is 13.2 Å². The fraction of sp³-hybridized carbons (Fsp3) is 0.364. The van der Waals surface area contributed by atoms with E-state index in [2.05, 4.69) is 4.98 Å². The fourth-order valence-electron chi connectivity index (χ4n) is 1.27. The number of halogens is 3.